The van der Waals surface area contributed by atoms with Gasteiger partial charge in [-0.2, -0.15) is 14.0 Å². The molecule has 0 saturated carbocycles. The molecule has 0 radical (unpaired) electrons. The van der Waals surface area contributed by atoms with E-state index < -0.39 is 27.9 Å². The molecule has 0 bridgehead atoms. The Hall–Kier alpha value is -1.35. The molecule has 0 unspecified atom stereocenters. The van der Waals surface area contributed by atoms with Crippen molar-refractivity contribution in [2.24, 2.45) is 0 Å². The molecule has 0 aliphatic heterocycles. The van der Waals surface area contributed by atoms with Gasteiger partial charge in [-0.1, -0.05) is 4.29 Å². The number of carboxylic acids is 2. The normalized spacial score (nSPS) is 12.4. The maximum absolute atomic E-state index is 10.0. The first-order valence-electron chi connectivity index (χ1n) is 2.50. The Bertz CT molecular complexity index is 249. The van der Waals surface area contributed by atoms with Crippen LogP contribution in [0, 0.1) is 10.2 Å². The van der Waals surface area contributed by atoms with E-state index in [1.54, 1.807) is 0 Å². The van der Waals surface area contributed by atoms with E-state index in [0.29, 0.717) is 0 Å². The van der Waals surface area contributed by atoms with Gasteiger partial charge >= 0.3 is 17.7 Å². The third-order valence-electron chi connectivity index (χ3n) is 0.643. The third kappa shape index (κ3) is 5.87. The molecule has 0 amide bonds. The van der Waals surface area contributed by atoms with Gasteiger partial charge in [0.1, 0.15) is 10.2 Å². The van der Waals surface area contributed by atoms with Crippen molar-refractivity contribution in [2.45, 2.75) is 0 Å². The molecular formula is C4H3ClO8. The van der Waals surface area contributed by atoms with Crippen LogP contribution in [0.25, 0.3) is 0 Å². The zero-order chi connectivity index (χ0) is 10.6. The molecule has 8 nitrogen and oxygen atoms in total. The lowest BCUT2D eigenvalue weighted by atomic mass is 10.4. The number of rotatable bonds is 4. The van der Waals surface area contributed by atoms with Crippen LogP contribution in [0.1, 0.15) is 0 Å². The maximum atomic E-state index is 10.0. The molecule has 9 heteroatoms. The fraction of sp³-hybridized carbons (Fsp3) is 0. The van der Waals surface area contributed by atoms with Crippen LogP contribution in [0.3, 0.4) is 0 Å². The molecule has 0 heterocycles. The van der Waals surface area contributed by atoms with E-state index in [1.165, 1.54) is 0 Å². The lowest BCUT2D eigenvalue weighted by Crippen LogP contribution is -2.61. The highest BCUT2D eigenvalue weighted by molar-refractivity contribution is 5.92. The van der Waals surface area contributed by atoms with E-state index >= 15 is 0 Å². The second kappa shape index (κ2) is 4.05. The van der Waals surface area contributed by atoms with Crippen molar-refractivity contribution in [3.8, 4) is 0 Å². The Morgan fingerprint density at radius 1 is 1.23 bits per heavy atom. The van der Waals surface area contributed by atoms with Crippen LogP contribution in [0.5, 0.6) is 0 Å². The van der Waals surface area contributed by atoms with Crippen LogP contribution in [-0.4, -0.2) is 22.2 Å². The van der Waals surface area contributed by atoms with Crippen LogP contribution < -0.4 is 14.0 Å². The minimum absolute atomic E-state index is 0.0647. The van der Waals surface area contributed by atoms with Crippen molar-refractivity contribution in [1.29, 1.82) is 0 Å². The highest BCUT2D eigenvalue weighted by atomic mass is 35.7. The summed E-state index contributed by atoms with van der Waals surface area (Å²) >= 11 is 0. The summed E-state index contributed by atoms with van der Waals surface area (Å²) in [7, 11) is -5.01. The van der Waals surface area contributed by atoms with Gasteiger partial charge in [-0.15, -0.1) is 0 Å². The third-order valence-corrected chi connectivity index (χ3v) is 0.998. The Balaban J connectivity index is 4.65. The van der Waals surface area contributed by atoms with Gasteiger partial charge in [-0.05, 0) is 0 Å². The predicted octanol–water partition coefficient (Wildman–Crippen LogP) is -4.05. The van der Waals surface area contributed by atoms with Crippen molar-refractivity contribution in [3.63, 3.8) is 0 Å². The molecule has 0 fully saturated rings. The van der Waals surface area contributed by atoms with E-state index in [1.807, 2.05) is 0 Å². The number of hydrogen-bond donors (Lipinski definition) is 2. The first-order valence-corrected chi connectivity index (χ1v) is 3.74. The van der Waals surface area contributed by atoms with Gasteiger partial charge in [0, 0.05) is 0 Å². The summed E-state index contributed by atoms with van der Waals surface area (Å²) in [6.07, 6.45) is -0.0647. The second-order valence-electron chi connectivity index (χ2n) is 1.61. The lowest BCUT2D eigenvalue weighted by molar-refractivity contribution is -1.92. The van der Waals surface area contributed by atoms with Gasteiger partial charge in [0.2, 0.25) is 0 Å². The summed E-state index contributed by atoms with van der Waals surface area (Å²) < 4.78 is 32.8. The molecule has 0 aliphatic carbocycles. The molecule has 0 spiro atoms. The van der Waals surface area contributed by atoms with Crippen LogP contribution in [0.4, 0.5) is 0 Å². The van der Waals surface area contributed by atoms with E-state index in [4.69, 9.17) is 10.2 Å². The molecule has 0 aliphatic rings. The zero-order valence-corrected chi connectivity index (χ0v) is 6.56. The Labute approximate surface area is 73.0 Å². The Kier molecular flexibility index (Phi) is 3.63. The van der Waals surface area contributed by atoms with E-state index in [9.17, 15) is 23.6 Å². The van der Waals surface area contributed by atoms with E-state index in [2.05, 4.69) is 4.29 Å². The largest absolute Gasteiger partial charge is 0.478 e. The van der Waals surface area contributed by atoms with Crippen molar-refractivity contribution < 1.29 is 48.3 Å². The summed E-state index contributed by atoms with van der Waals surface area (Å²) in [6.45, 7) is 0. The molecule has 13 heavy (non-hydrogen) atoms. The van der Waals surface area contributed by atoms with Gasteiger partial charge in [0.05, 0.1) is 6.08 Å². The van der Waals surface area contributed by atoms with Crippen LogP contribution in [0.2, 0.25) is 0 Å². The quantitative estimate of drug-likeness (QED) is 0.354. The summed E-state index contributed by atoms with van der Waals surface area (Å²) in [6, 6.07) is 0. The van der Waals surface area contributed by atoms with Gasteiger partial charge in [-0.3, -0.25) is 0 Å². The Morgan fingerprint density at radius 2 is 1.69 bits per heavy atom. The number of aliphatic carboxylic acids is 2. The topological polar surface area (TPSA) is 153 Å². The lowest BCUT2D eigenvalue weighted by Gasteiger charge is -2.11. The Morgan fingerprint density at radius 3 is 1.92 bits per heavy atom. The number of carbonyl (C=O) groups is 2. The van der Waals surface area contributed by atoms with Crippen molar-refractivity contribution in [1.82, 2.24) is 0 Å². The average molecular weight is 215 g/mol. The van der Waals surface area contributed by atoms with Crippen LogP contribution >= 0.6 is 0 Å². The van der Waals surface area contributed by atoms with Crippen LogP contribution in [0.15, 0.2) is 11.8 Å². The standard InChI is InChI=1S/C4H3ClO8/c6-3(7)1-2(4(8)9)13-5(10,11)12/h1H,(H,6,7)(H,8,9)/b2-1+. The van der Waals surface area contributed by atoms with Crippen molar-refractivity contribution in [2.75, 3.05) is 0 Å². The first-order chi connectivity index (χ1) is 5.72. The zero-order valence-electron chi connectivity index (χ0n) is 5.80. The summed E-state index contributed by atoms with van der Waals surface area (Å²) in [5, 5.41) is 16.1. The summed E-state index contributed by atoms with van der Waals surface area (Å²) in [5.74, 6) is -5.21. The number of hydrogen-bond acceptors (Lipinski definition) is 6. The smallest absolute Gasteiger partial charge is 0.388 e. The van der Waals surface area contributed by atoms with Gasteiger partial charge in [-0.25, -0.2) is 9.59 Å². The molecule has 0 aromatic rings. The highest BCUT2D eigenvalue weighted by Crippen LogP contribution is 2.03. The molecule has 0 rings (SSSR count). The number of halogens is 1. The highest BCUT2D eigenvalue weighted by Gasteiger charge is 2.29. The van der Waals surface area contributed by atoms with Crippen molar-refractivity contribution in [3.05, 3.63) is 11.8 Å². The van der Waals surface area contributed by atoms with Gasteiger partial charge in [0.25, 0.3) is 0 Å². The fourth-order valence-electron chi connectivity index (χ4n) is 0.331. The molecule has 0 aromatic heterocycles. The molecule has 74 valence electrons. The van der Waals surface area contributed by atoms with Gasteiger partial charge in [0.15, 0.2) is 0 Å². The summed E-state index contributed by atoms with van der Waals surface area (Å²) in [5.41, 5.74) is 0. The fourth-order valence-corrected chi connectivity index (χ4v) is 0.645. The number of carboxylic acid groups (broad SMARTS) is 2. The minimum Gasteiger partial charge on any atom is -0.478 e. The average Bonchev–Trinajstić information content (AvgIpc) is 1.81. The summed E-state index contributed by atoms with van der Waals surface area (Å²) in [4.78, 5) is 19.9. The molecule has 0 saturated heterocycles. The van der Waals surface area contributed by atoms with E-state index in [0.717, 1.165) is 0 Å². The maximum Gasteiger partial charge on any atom is 0.388 e. The van der Waals surface area contributed by atoms with E-state index in [-0.39, 0.29) is 6.08 Å². The predicted molar refractivity (Wildman–Crippen MR) is 24.4 cm³/mol. The van der Waals surface area contributed by atoms with Gasteiger partial charge < -0.3 is 10.2 Å². The monoisotopic (exact) mass is 214 g/mol. The first kappa shape index (κ1) is 11.6. The minimum atomic E-state index is -5.01. The molecule has 0 atom stereocenters. The molecular weight excluding hydrogens is 211 g/mol. The van der Waals surface area contributed by atoms with Crippen molar-refractivity contribution >= 4 is 11.9 Å². The molecule has 2 N–H and O–H groups in total. The second-order valence-corrected chi connectivity index (χ2v) is 2.52. The SMILES string of the molecule is O=C(O)/C=C(/O[Cl+3]([O-])([O-])[O-])C(=O)O. The van der Waals surface area contributed by atoms with Crippen LogP contribution in [-0.2, 0) is 13.9 Å². The molecule has 0 aromatic carbocycles.